The highest BCUT2D eigenvalue weighted by molar-refractivity contribution is 14.1. The Hall–Kier alpha value is -0.980. The molecule has 0 atom stereocenters. The van der Waals surface area contributed by atoms with Crippen LogP contribution in [0.2, 0.25) is 0 Å². The molecular weight excluding hydrogens is 614 g/mol. The van der Waals surface area contributed by atoms with Gasteiger partial charge in [-0.15, -0.1) is 0 Å². The fraction of sp³-hybridized carbons (Fsp3) is 0.455. The minimum Gasteiger partial charge on any atom is -0.487 e. The lowest BCUT2D eigenvalue weighted by Gasteiger charge is -2.16. The molecule has 1 heterocycles. The molecule has 1 aliphatic heterocycles. The van der Waals surface area contributed by atoms with E-state index in [1.165, 1.54) is 11.1 Å². The first-order chi connectivity index (χ1) is 14.8. The van der Waals surface area contributed by atoms with Gasteiger partial charge in [-0.3, -0.25) is 0 Å². The Balaban J connectivity index is 1.61. The van der Waals surface area contributed by atoms with Crippen LogP contribution in [0.4, 0.5) is 0 Å². The summed E-state index contributed by atoms with van der Waals surface area (Å²) >= 11 is 4.66. The summed E-state index contributed by atoms with van der Waals surface area (Å²) in [4.78, 5) is 0. The summed E-state index contributed by atoms with van der Waals surface area (Å²) in [5.74, 6) is 2.89. The van der Waals surface area contributed by atoms with Crippen LogP contribution in [-0.4, -0.2) is 52.9 Å². The number of ether oxygens (including phenoxy) is 6. The number of alkyl halides is 2. The number of hydrogen-bond acceptors (Lipinski definition) is 6. The second-order valence-electron chi connectivity index (χ2n) is 6.45. The van der Waals surface area contributed by atoms with Crippen LogP contribution in [0.15, 0.2) is 36.4 Å². The van der Waals surface area contributed by atoms with Crippen LogP contribution in [0, 0.1) is 0 Å². The standard InChI is InChI=1S/C22H26I2O6/c23-15-17-1-3-19-21(13-17)29-11-7-26-6-10-28-20-4-2-18(16-24)14-22(20)30-12-8-25-5-9-27-19/h1-4,13-14H,5-12,15-16H2. The van der Waals surface area contributed by atoms with Gasteiger partial charge >= 0.3 is 0 Å². The zero-order valence-corrected chi connectivity index (χ0v) is 21.1. The van der Waals surface area contributed by atoms with Gasteiger partial charge in [-0.2, -0.15) is 0 Å². The number of fused-ring (bicyclic) bond motifs is 2. The first-order valence-corrected chi connectivity index (χ1v) is 12.9. The smallest absolute Gasteiger partial charge is 0.161 e. The van der Waals surface area contributed by atoms with Crippen LogP contribution >= 0.6 is 45.2 Å². The second kappa shape index (κ2) is 13.4. The van der Waals surface area contributed by atoms with E-state index in [-0.39, 0.29) is 0 Å². The maximum absolute atomic E-state index is 5.90. The molecule has 164 valence electrons. The zero-order chi connectivity index (χ0) is 21.0. The van der Waals surface area contributed by atoms with Gasteiger partial charge in [-0.25, -0.2) is 0 Å². The molecule has 0 aromatic heterocycles. The molecule has 0 unspecified atom stereocenters. The van der Waals surface area contributed by atoms with E-state index < -0.39 is 0 Å². The quantitative estimate of drug-likeness (QED) is 0.347. The lowest BCUT2D eigenvalue weighted by molar-refractivity contribution is 0.0640. The molecule has 0 bridgehead atoms. The van der Waals surface area contributed by atoms with Gasteiger partial charge in [-0.1, -0.05) is 57.3 Å². The van der Waals surface area contributed by atoms with Crippen LogP contribution in [0.25, 0.3) is 0 Å². The number of benzene rings is 2. The minimum atomic E-state index is 0.440. The van der Waals surface area contributed by atoms with Gasteiger partial charge in [0, 0.05) is 8.86 Å². The molecule has 8 heteroatoms. The predicted molar refractivity (Wildman–Crippen MR) is 132 cm³/mol. The minimum absolute atomic E-state index is 0.440. The van der Waals surface area contributed by atoms with Crippen molar-refractivity contribution in [3.8, 4) is 23.0 Å². The SMILES string of the molecule is ICc1ccc2c(c1)OCCOCCOc1ccc(CI)cc1OCCOCCO2. The van der Waals surface area contributed by atoms with Crippen molar-refractivity contribution in [2.24, 2.45) is 0 Å². The molecule has 0 amide bonds. The van der Waals surface area contributed by atoms with Gasteiger partial charge in [0.25, 0.3) is 0 Å². The third-order valence-corrected chi connectivity index (χ3v) is 6.03. The molecule has 1 aliphatic rings. The Labute approximate surface area is 204 Å². The maximum Gasteiger partial charge on any atom is 0.161 e. The Morgan fingerprint density at radius 3 is 1.23 bits per heavy atom. The molecular formula is C22H26I2O6. The van der Waals surface area contributed by atoms with Gasteiger partial charge in [-0.05, 0) is 35.4 Å². The third-order valence-electron chi connectivity index (χ3n) is 4.27. The lowest BCUT2D eigenvalue weighted by Crippen LogP contribution is -2.15. The van der Waals surface area contributed by atoms with Crippen LogP contribution in [-0.2, 0) is 18.3 Å². The van der Waals surface area contributed by atoms with E-state index in [1.807, 2.05) is 36.4 Å². The maximum atomic E-state index is 5.90. The van der Waals surface area contributed by atoms with Crippen LogP contribution < -0.4 is 18.9 Å². The summed E-state index contributed by atoms with van der Waals surface area (Å²) in [6.07, 6.45) is 0. The van der Waals surface area contributed by atoms with Gasteiger partial charge in [0.05, 0.1) is 26.4 Å². The molecule has 2 aromatic carbocycles. The van der Waals surface area contributed by atoms with Crippen molar-refractivity contribution in [3.63, 3.8) is 0 Å². The number of hydrogen-bond donors (Lipinski definition) is 0. The van der Waals surface area contributed by atoms with Crippen molar-refractivity contribution in [2.75, 3.05) is 52.9 Å². The predicted octanol–water partition coefficient (Wildman–Crippen LogP) is 4.82. The largest absolute Gasteiger partial charge is 0.487 e. The number of rotatable bonds is 2. The van der Waals surface area contributed by atoms with Gasteiger partial charge in [0.15, 0.2) is 23.0 Å². The molecule has 0 saturated carbocycles. The molecule has 2 aromatic rings. The molecule has 30 heavy (non-hydrogen) atoms. The van der Waals surface area contributed by atoms with Gasteiger partial charge in [0.2, 0.25) is 0 Å². The molecule has 3 rings (SSSR count). The lowest BCUT2D eigenvalue weighted by atomic mass is 10.2. The van der Waals surface area contributed by atoms with E-state index in [4.69, 9.17) is 28.4 Å². The first-order valence-electron chi connectivity index (χ1n) is 9.84. The summed E-state index contributed by atoms with van der Waals surface area (Å²) in [6, 6.07) is 12.0. The highest BCUT2D eigenvalue weighted by Gasteiger charge is 2.09. The zero-order valence-electron chi connectivity index (χ0n) is 16.7. The second-order valence-corrected chi connectivity index (χ2v) is 7.97. The average molecular weight is 640 g/mol. The molecule has 0 saturated heterocycles. The summed E-state index contributed by atoms with van der Waals surface area (Å²) in [5.41, 5.74) is 2.37. The number of halogens is 2. The third kappa shape index (κ3) is 7.61. The molecule has 0 N–H and O–H groups in total. The monoisotopic (exact) mass is 640 g/mol. The summed E-state index contributed by atoms with van der Waals surface area (Å²) < 4.78 is 36.7. The van der Waals surface area contributed by atoms with Gasteiger partial charge < -0.3 is 28.4 Å². The fourth-order valence-electron chi connectivity index (χ4n) is 2.78. The highest BCUT2D eigenvalue weighted by atomic mass is 127. The average Bonchev–Trinajstić information content (AvgIpc) is 2.78. The molecule has 0 radical (unpaired) electrons. The van der Waals surface area contributed by atoms with E-state index >= 15 is 0 Å². The first kappa shape index (κ1) is 23.7. The molecule has 0 fully saturated rings. The van der Waals surface area contributed by atoms with E-state index in [1.54, 1.807) is 0 Å². The van der Waals surface area contributed by atoms with E-state index in [2.05, 4.69) is 45.2 Å². The summed E-state index contributed by atoms with van der Waals surface area (Å²) in [5, 5.41) is 0. The van der Waals surface area contributed by atoms with Crippen molar-refractivity contribution in [2.45, 2.75) is 8.86 Å². The Morgan fingerprint density at radius 1 is 0.500 bits per heavy atom. The van der Waals surface area contributed by atoms with Crippen LogP contribution in [0.3, 0.4) is 0 Å². The van der Waals surface area contributed by atoms with E-state index in [9.17, 15) is 0 Å². The van der Waals surface area contributed by atoms with Crippen molar-refractivity contribution in [1.29, 1.82) is 0 Å². The van der Waals surface area contributed by atoms with Crippen molar-refractivity contribution >= 4 is 45.2 Å². The molecule has 0 aliphatic carbocycles. The normalized spacial score (nSPS) is 16.3. The Morgan fingerprint density at radius 2 is 0.867 bits per heavy atom. The highest BCUT2D eigenvalue weighted by Crippen LogP contribution is 2.30. The van der Waals surface area contributed by atoms with Crippen molar-refractivity contribution < 1.29 is 28.4 Å². The van der Waals surface area contributed by atoms with Crippen molar-refractivity contribution in [3.05, 3.63) is 47.5 Å². The van der Waals surface area contributed by atoms with E-state index in [0.29, 0.717) is 64.4 Å². The fourth-order valence-corrected chi connectivity index (χ4v) is 3.73. The van der Waals surface area contributed by atoms with Crippen molar-refractivity contribution in [1.82, 2.24) is 0 Å². The van der Waals surface area contributed by atoms with Crippen LogP contribution in [0.1, 0.15) is 11.1 Å². The van der Waals surface area contributed by atoms with E-state index in [0.717, 1.165) is 20.4 Å². The Kier molecular flexibility index (Phi) is 10.6. The summed E-state index contributed by atoms with van der Waals surface area (Å²) in [7, 11) is 0. The summed E-state index contributed by atoms with van der Waals surface area (Å²) in [6.45, 7) is 3.64. The Bertz CT molecular complexity index is 721. The van der Waals surface area contributed by atoms with Crippen LogP contribution in [0.5, 0.6) is 23.0 Å². The topological polar surface area (TPSA) is 55.4 Å². The van der Waals surface area contributed by atoms with Gasteiger partial charge in [0.1, 0.15) is 26.4 Å². The molecule has 0 spiro atoms. The molecule has 6 nitrogen and oxygen atoms in total.